The summed E-state index contributed by atoms with van der Waals surface area (Å²) in [6.07, 6.45) is 0. The van der Waals surface area contributed by atoms with Gasteiger partial charge < -0.3 is 11.1 Å². The highest BCUT2D eigenvalue weighted by Gasteiger charge is 2.20. The number of carbonyl (C=O) groups is 2. The average molecular weight is 368 g/mol. The van der Waals surface area contributed by atoms with Crippen molar-refractivity contribution in [3.63, 3.8) is 0 Å². The molecule has 0 spiro atoms. The molecule has 0 aliphatic rings. The molecule has 0 aliphatic carbocycles. The monoisotopic (exact) mass is 368 g/mol. The Morgan fingerprint density at radius 3 is 2.42 bits per heavy atom. The van der Waals surface area contributed by atoms with Crippen molar-refractivity contribution in [2.24, 2.45) is 5.73 Å². The van der Waals surface area contributed by atoms with Gasteiger partial charge in [-0.2, -0.15) is 0 Å². The van der Waals surface area contributed by atoms with Crippen LogP contribution in [0.5, 0.6) is 0 Å². The lowest BCUT2D eigenvalue weighted by atomic mass is 10.0. The first-order chi connectivity index (χ1) is 12.5. The van der Waals surface area contributed by atoms with Gasteiger partial charge in [0.1, 0.15) is 11.1 Å². The van der Waals surface area contributed by atoms with Gasteiger partial charge in [0.15, 0.2) is 0 Å². The number of nitrogens with one attached hydrogen (secondary N) is 1. The molecule has 0 fully saturated rings. The van der Waals surface area contributed by atoms with Crippen molar-refractivity contribution in [1.82, 2.24) is 0 Å². The van der Waals surface area contributed by atoms with Crippen molar-refractivity contribution in [3.8, 4) is 0 Å². The van der Waals surface area contributed by atoms with E-state index in [2.05, 4.69) is 5.32 Å². The van der Waals surface area contributed by atoms with Gasteiger partial charge in [-0.3, -0.25) is 9.59 Å². The van der Waals surface area contributed by atoms with E-state index in [1.165, 1.54) is 12.1 Å². The number of halogens is 1. The molecule has 1 unspecified atom stereocenters. The third-order valence-electron chi connectivity index (χ3n) is 3.86. The van der Waals surface area contributed by atoms with Crippen LogP contribution in [0.2, 0.25) is 0 Å². The van der Waals surface area contributed by atoms with Crippen LogP contribution < -0.4 is 11.1 Å². The van der Waals surface area contributed by atoms with Crippen LogP contribution in [-0.4, -0.2) is 17.6 Å². The molecule has 0 aromatic heterocycles. The van der Waals surface area contributed by atoms with E-state index in [1.807, 2.05) is 42.5 Å². The van der Waals surface area contributed by atoms with Crippen LogP contribution >= 0.6 is 11.8 Å². The quantitative estimate of drug-likeness (QED) is 0.694. The minimum Gasteiger partial charge on any atom is -0.368 e. The molecule has 0 saturated carbocycles. The summed E-state index contributed by atoms with van der Waals surface area (Å²) in [5.74, 6) is -1.45. The number of carbonyl (C=O) groups excluding carboxylic acids is 2. The van der Waals surface area contributed by atoms with Crippen molar-refractivity contribution in [2.75, 3.05) is 11.1 Å². The lowest BCUT2D eigenvalue weighted by molar-refractivity contribution is -0.117. The Hall–Kier alpha value is -2.86. The molecule has 0 saturated heterocycles. The molecule has 3 aromatic carbocycles. The molecule has 0 heterocycles. The highest BCUT2D eigenvalue weighted by atomic mass is 32.2. The van der Waals surface area contributed by atoms with Crippen LogP contribution in [0.25, 0.3) is 10.8 Å². The van der Waals surface area contributed by atoms with Crippen LogP contribution in [0.1, 0.15) is 10.8 Å². The maximum absolute atomic E-state index is 13.6. The van der Waals surface area contributed by atoms with E-state index in [-0.39, 0.29) is 11.4 Å². The van der Waals surface area contributed by atoms with Crippen molar-refractivity contribution in [3.05, 3.63) is 78.1 Å². The number of para-hydroxylation sites is 1. The maximum atomic E-state index is 13.6. The van der Waals surface area contributed by atoms with Gasteiger partial charge >= 0.3 is 0 Å². The van der Waals surface area contributed by atoms with E-state index < -0.39 is 22.9 Å². The fraction of sp³-hybridized carbons (Fsp3) is 0.100. The number of hydrogen-bond donors (Lipinski definition) is 2. The zero-order chi connectivity index (χ0) is 18.5. The second-order valence-corrected chi connectivity index (χ2v) is 6.82. The Bertz CT molecular complexity index is 961. The third-order valence-corrected chi connectivity index (χ3v) is 5.13. The summed E-state index contributed by atoms with van der Waals surface area (Å²) in [5.41, 5.74) is 6.37. The summed E-state index contributed by atoms with van der Waals surface area (Å²) < 4.78 is 13.6. The lowest BCUT2D eigenvalue weighted by Gasteiger charge is -2.14. The van der Waals surface area contributed by atoms with E-state index in [1.54, 1.807) is 12.1 Å². The van der Waals surface area contributed by atoms with E-state index in [0.29, 0.717) is 0 Å². The molecule has 2 amide bonds. The van der Waals surface area contributed by atoms with Crippen LogP contribution in [-0.2, 0) is 9.59 Å². The standard InChI is InChI=1S/C20H17FN2O2S/c21-16-7-3-4-8-17(16)23-18(24)12-26-19(20(22)25)15-10-9-13-5-1-2-6-14(13)11-15/h1-11,19H,12H2,(H2,22,25)(H,23,24). The first kappa shape index (κ1) is 17.9. The SMILES string of the molecule is NC(=O)C(SCC(=O)Nc1ccccc1F)c1ccc2ccccc2c1. The predicted octanol–water partition coefficient (Wildman–Crippen LogP) is 3.88. The minimum absolute atomic E-state index is 0.0191. The summed E-state index contributed by atoms with van der Waals surface area (Å²) in [6.45, 7) is 0. The van der Waals surface area contributed by atoms with Crippen molar-refractivity contribution >= 4 is 40.0 Å². The van der Waals surface area contributed by atoms with Gasteiger partial charge in [0.05, 0.1) is 11.4 Å². The van der Waals surface area contributed by atoms with Gasteiger partial charge in [-0.15, -0.1) is 11.8 Å². The van der Waals surface area contributed by atoms with Gasteiger partial charge in [0.2, 0.25) is 11.8 Å². The van der Waals surface area contributed by atoms with E-state index in [4.69, 9.17) is 5.73 Å². The summed E-state index contributed by atoms with van der Waals surface area (Å²) in [7, 11) is 0. The summed E-state index contributed by atoms with van der Waals surface area (Å²) in [5, 5.41) is 3.89. The zero-order valence-electron chi connectivity index (χ0n) is 13.8. The molecule has 4 nitrogen and oxygen atoms in total. The molecular formula is C20H17FN2O2S. The van der Waals surface area contributed by atoms with Gasteiger partial charge in [-0.1, -0.05) is 48.5 Å². The number of primary amides is 1. The van der Waals surface area contributed by atoms with Crippen LogP contribution in [0.4, 0.5) is 10.1 Å². The maximum Gasteiger partial charge on any atom is 0.235 e. The Balaban J connectivity index is 1.71. The van der Waals surface area contributed by atoms with Crippen molar-refractivity contribution in [1.29, 1.82) is 0 Å². The molecule has 26 heavy (non-hydrogen) atoms. The van der Waals surface area contributed by atoms with E-state index >= 15 is 0 Å². The molecule has 132 valence electrons. The first-order valence-corrected chi connectivity index (χ1v) is 9.03. The largest absolute Gasteiger partial charge is 0.368 e. The van der Waals surface area contributed by atoms with Crippen molar-refractivity contribution < 1.29 is 14.0 Å². The number of nitrogens with two attached hydrogens (primary N) is 1. The third kappa shape index (κ3) is 4.21. The Kier molecular flexibility index (Phi) is 5.53. The number of rotatable bonds is 6. The predicted molar refractivity (Wildman–Crippen MR) is 103 cm³/mol. The molecule has 3 aromatic rings. The van der Waals surface area contributed by atoms with Crippen LogP contribution in [0.15, 0.2) is 66.7 Å². The number of benzene rings is 3. The fourth-order valence-corrected chi connectivity index (χ4v) is 3.51. The van der Waals surface area contributed by atoms with Crippen LogP contribution in [0, 0.1) is 5.82 Å². The Morgan fingerprint density at radius 2 is 1.69 bits per heavy atom. The molecule has 1 atom stereocenters. The molecule has 0 aliphatic heterocycles. The number of hydrogen-bond acceptors (Lipinski definition) is 3. The summed E-state index contributed by atoms with van der Waals surface area (Å²) >= 11 is 1.12. The highest BCUT2D eigenvalue weighted by Crippen LogP contribution is 2.31. The molecule has 6 heteroatoms. The number of anilines is 1. The normalized spacial score (nSPS) is 11.9. The Morgan fingerprint density at radius 1 is 1.00 bits per heavy atom. The highest BCUT2D eigenvalue weighted by molar-refractivity contribution is 8.00. The second kappa shape index (κ2) is 8.01. The molecule has 0 bridgehead atoms. The summed E-state index contributed by atoms with van der Waals surface area (Å²) in [4.78, 5) is 24.0. The lowest BCUT2D eigenvalue weighted by Crippen LogP contribution is -2.22. The topological polar surface area (TPSA) is 72.2 Å². The van der Waals surface area contributed by atoms with Gasteiger partial charge in [0.25, 0.3) is 0 Å². The van der Waals surface area contributed by atoms with Crippen molar-refractivity contribution in [2.45, 2.75) is 5.25 Å². The fourth-order valence-electron chi connectivity index (χ4n) is 2.62. The molecular weight excluding hydrogens is 351 g/mol. The van der Waals surface area contributed by atoms with Crippen LogP contribution in [0.3, 0.4) is 0 Å². The van der Waals surface area contributed by atoms with Gasteiger partial charge in [0, 0.05) is 0 Å². The number of fused-ring (bicyclic) bond motifs is 1. The first-order valence-electron chi connectivity index (χ1n) is 7.98. The smallest absolute Gasteiger partial charge is 0.235 e. The van der Waals surface area contributed by atoms with E-state index in [9.17, 15) is 14.0 Å². The molecule has 3 N–H and O–H groups in total. The average Bonchev–Trinajstić information content (AvgIpc) is 2.63. The number of thioether (sulfide) groups is 1. The number of amides is 2. The van der Waals surface area contributed by atoms with Gasteiger partial charge in [-0.25, -0.2) is 4.39 Å². The van der Waals surface area contributed by atoms with Gasteiger partial charge in [-0.05, 0) is 34.5 Å². The molecule has 3 rings (SSSR count). The summed E-state index contributed by atoms with van der Waals surface area (Å²) in [6, 6.07) is 19.4. The van der Waals surface area contributed by atoms with E-state index in [0.717, 1.165) is 28.1 Å². The zero-order valence-corrected chi connectivity index (χ0v) is 14.6. The minimum atomic E-state index is -0.661. The Labute approximate surface area is 154 Å². The second-order valence-electron chi connectivity index (χ2n) is 5.73. The molecule has 0 radical (unpaired) electrons.